The molecule has 0 bridgehead atoms. The van der Waals surface area contributed by atoms with E-state index in [1.807, 2.05) is 19.1 Å². The lowest BCUT2D eigenvalue weighted by Crippen LogP contribution is -2.32. The summed E-state index contributed by atoms with van der Waals surface area (Å²) in [5, 5.41) is 3.68. The highest BCUT2D eigenvalue weighted by molar-refractivity contribution is 6.46. The number of nitrogens with zero attached hydrogens (tertiary/aromatic N) is 1. The van der Waals surface area contributed by atoms with Crippen molar-refractivity contribution in [2.24, 2.45) is 0 Å². The maximum Gasteiger partial charge on any atom is 0.282 e. The predicted molar refractivity (Wildman–Crippen MR) is 125 cm³/mol. The number of rotatable bonds is 6. The number of carbonyl (C=O) groups excluding carboxylic acids is 2. The SMILES string of the molecule is COc1ccc(C)cc1NC1=C(c2ccc(Cl)cc2)C(=O)N(c2ccccc2OC)C1=O. The third kappa shape index (κ3) is 3.81. The smallest absolute Gasteiger partial charge is 0.282 e. The van der Waals surface area contributed by atoms with Crippen LogP contribution in [0.3, 0.4) is 0 Å². The van der Waals surface area contributed by atoms with Crippen molar-refractivity contribution < 1.29 is 19.1 Å². The molecule has 1 heterocycles. The average Bonchev–Trinajstić information content (AvgIpc) is 3.04. The third-order valence-electron chi connectivity index (χ3n) is 5.16. The zero-order valence-electron chi connectivity index (χ0n) is 17.8. The lowest BCUT2D eigenvalue weighted by Gasteiger charge is -2.18. The molecule has 1 N–H and O–H groups in total. The number of imide groups is 1. The molecule has 0 aromatic heterocycles. The number of anilines is 2. The zero-order valence-corrected chi connectivity index (χ0v) is 18.6. The normalized spacial score (nSPS) is 13.6. The summed E-state index contributed by atoms with van der Waals surface area (Å²) in [6.45, 7) is 1.93. The minimum atomic E-state index is -0.493. The van der Waals surface area contributed by atoms with Crippen LogP contribution >= 0.6 is 11.6 Å². The molecule has 3 aromatic rings. The van der Waals surface area contributed by atoms with E-state index in [4.69, 9.17) is 21.1 Å². The van der Waals surface area contributed by atoms with Crippen LogP contribution in [0.1, 0.15) is 11.1 Å². The standard InChI is InChI=1S/C25H21ClN2O4/c1-15-8-13-20(31-2)18(14-15)27-23-22(16-9-11-17(26)12-10-16)24(29)28(25(23)30)19-6-4-5-7-21(19)32-3/h4-14,27H,1-3H3. The fourth-order valence-corrected chi connectivity index (χ4v) is 3.74. The molecule has 3 aromatic carbocycles. The Kier molecular flexibility index (Phi) is 5.88. The number of methoxy groups -OCH3 is 2. The van der Waals surface area contributed by atoms with Gasteiger partial charge in [-0.3, -0.25) is 9.59 Å². The quantitative estimate of drug-likeness (QED) is 0.534. The molecule has 0 spiro atoms. The van der Waals surface area contributed by atoms with Crippen molar-refractivity contribution in [3.63, 3.8) is 0 Å². The third-order valence-corrected chi connectivity index (χ3v) is 5.41. The highest BCUT2D eigenvalue weighted by Crippen LogP contribution is 2.39. The van der Waals surface area contributed by atoms with E-state index < -0.39 is 11.8 Å². The van der Waals surface area contributed by atoms with Crippen LogP contribution in [0.4, 0.5) is 11.4 Å². The molecule has 4 rings (SSSR count). The Hall–Kier alpha value is -3.77. The molecule has 2 amide bonds. The number of ether oxygens (including phenoxy) is 2. The van der Waals surface area contributed by atoms with Crippen LogP contribution in [0.2, 0.25) is 5.02 Å². The van der Waals surface area contributed by atoms with Crippen LogP contribution in [0.25, 0.3) is 5.57 Å². The van der Waals surface area contributed by atoms with Crippen molar-refractivity contribution in [2.45, 2.75) is 6.92 Å². The van der Waals surface area contributed by atoms with Gasteiger partial charge in [0.15, 0.2) is 0 Å². The number of benzene rings is 3. The Morgan fingerprint density at radius 1 is 0.844 bits per heavy atom. The Labute approximate surface area is 191 Å². The van der Waals surface area contributed by atoms with Gasteiger partial charge in [0.1, 0.15) is 17.2 Å². The Balaban J connectivity index is 1.87. The molecule has 32 heavy (non-hydrogen) atoms. The maximum absolute atomic E-state index is 13.6. The summed E-state index contributed by atoms with van der Waals surface area (Å²) in [5.74, 6) is 0.0116. The van der Waals surface area contributed by atoms with E-state index in [0.717, 1.165) is 10.5 Å². The van der Waals surface area contributed by atoms with Crippen molar-refractivity contribution in [3.05, 3.63) is 88.6 Å². The van der Waals surface area contributed by atoms with Crippen LogP contribution in [0.15, 0.2) is 72.4 Å². The highest BCUT2D eigenvalue weighted by Gasteiger charge is 2.41. The number of halogens is 1. The Bertz CT molecular complexity index is 1230. The van der Waals surface area contributed by atoms with Crippen LogP contribution in [0.5, 0.6) is 11.5 Å². The van der Waals surface area contributed by atoms with E-state index in [0.29, 0.717) is 33.5 Å². The summed E-state index contributed by atoms with van der Waals surface area (Å²) in [7, 11) is 3.04. The van der Waals surface area contributed by atoms with E-state index in [1.54, 1.807) is 61.7 Å². The van der Waals surface area contributed by atoms with Gasteiger partial charge in [0.25, 0.3) is 11.8 Å². The first kappa shape index (κ1) is 21.5. The van der Waals surface area contributed by atoms with Crippen LogP contribution in [0, 0.1) is 6.92 Å². The fourth-order valence-electron chi connectivity index (χ4n) is 3.62. The Morgan fingerprint density at radius 3 is 2.22 bits per heavy atom. The molecule has 0 aliphatic carbocycles. The number of amides is 2. The van der Waals surface area contributed by atoms with E-state index in [2.05, 4.69) is 5.32 Å². The average molecular weight is 449 g/mol. The topological polar surface area (TPSA) is 67.9 Å². The van der Waals surface area contributed by atoms with E-state index in [1.165, 1.54) is 7.11 Å². The molecule has 0 saturated carbocycles. The monoisotopic (exact) mass is 448 g/mol. The van der Waals surface area contributed by atoms with Gasteiger partial charge in [0.05, 0.1) is 31.2 Å². The minimum absolute atomic E-state index is 0.145. The van der Waals surface area contributed by atoms with E-state index in [9.17, 15) is 9.59 Å². The van der Waals surface area contributed by atoms with Crippen molar-refractivity contribution in [1.29, 1.82) is 0 Å². The van der Waals surface area contributed by atoms with E-state index in [-0.39, 0.29) is 11.3 Å². The molecule has 162 valence electrons. The van der Waals surface area contributed by atoms with Gasteiger partial charge in [0.2, 0.25) is 0 Å². The number of hydrogen-bond donors (Lipinski definition) is 1. The minimum Gasteiger partial charge on any atom is -0.495 e. The van der Waals surface area contributed by atoms with Gasteiger partial charge in [-0.25, -0.2) is 4.90 Å². The summed E-state index contributed by atoms with van der Waals surface area (Å²) >= 11 is 6.04. The fraction of sp³-hybridized carbons (Fsp3) is 0.120. The molecule has 6 nitrogen and oxygen atoms in total. The van der Waals surface area contributed by atoms with Gasteiger partial charge < -0.3 is 14.8 Å². The van der Waals surface area contributed by atoms with Gasteiger partial charge >= 0.3 is 0 Å². The first-order chi connectivity index (χ1) is 15.4. The summed E-state index contributed by atoms with van der Waals surface area (Å²) in [6.07, 6.45) is 0. The molecule has 0 atom stereocenters. The zero-order chi connectivity index (χ0) is 22.8. The summed E-state index contributed by atoms with van der Waals surface area (Å²) in [4.78, 5) is 28.3. The molecule has 0 fully saturated rings. The van der Waals surface area contributed by atoms with Gasteiger partial charge in [0, 0.05) is 5.02 Å². The molecule has 1 aliphatic heterocycles. The number of nitrogens with one attached hydrogen (secondary N) is 1. The molecule has 1 aliphatic rings. The maximum atomic E-state index is 13.6. The van der Waals surface area contributed by atoms with Gasteiger partial charge in [-0.2, -0.15) is 0 Å². The molecule has 0 saturated heterocycles. The largest absolute Gasteiger partial charge is 0.495 e. The van der Waals surface area contributed by atoms with Crippen molar-refractivity contribution >= 4 is 40.4 Å². The summed E-state index contributed by atoms with van der Waals surface area (Å²) in [6, 6.07) is 19.2. The molecule has 0 radical (unpaired) electrons. The van der Waals surface area contributed by atoms with Crippen molar-refractivity contribution in [3.8, 4) is 11.5 Å². The second-order valence-corrected chi connectivity index (χ2v) is 7.64. The molecule has 0 unspecified atom stereocenters. The number of hydrogen-bond acceptors (Lipinski definition) is 5. The highest BCUT2D eigenvalue weighted by atomic mass is 35.5. The van der Waals surface area contributed by atoms with E-state index >= 15 is 0 Å². The predicted octanol–water partition coefficient (Wildman–Crippen LogP) is 5.06. The van der Waals surface area contributed by atoms with Gasteiger partial charge in [-0.15, -0.1) is 0 Å². The molecular formula is C25H21ClN2O4. The van der Waals surface area contributed by atoms with Crippen LogP contribution in [-0.4, -0.2) is 26.0 Å². The lowest BCUT2D eigenvalue weighted by atomic mass is 10.0. The van der Waals surface area contributed by atoms with Gasteiger partial charge in [-0.05, 0) is 54.4 Å². The lowest BCUT2D eigenvalue weighted by molar-refractivity contribution is -0.120. The first-order valence-electron chi connectivity index (χ1n) is 9.88. The molecule has 7 heteroatoms. The summed E-state index contributed by atoms with van der Waals surface area (Å²) in [5.41, 5.74) is 2.87. The summed E-state index contributed by atoms with van der Waals surface area (Å²) < 4.78 is 10.8. The number of carbonyl (C=O) groups is 2. The van der Waals surface area contributed by atoms with Crippen LogP contribution < -0.4 is 19.7 Å². The number of para-hydroxylation sites is 2. The van der Waals surface area contributed by atoms with Gasteiger partial charge in [-0.1, -0.05) is 41.9 Å². The second kappa shape index (κ2) is 8.77. The second-order valence-electron chi connectivity index (χ2n) is 7.20. The first-order valence-corrected chi connectivity index (χ1v) is 10.3. The molecular weight excluding hydrogens is 428 g/mol. The van der Waals surface area contributed by atoms with Crippen LogP contribution in [-0.2, 0) is 9.59 Å². The van der Waals surface area contributed by atoms with Crippen molar-refractivity contribution in [1.82, 2.24) is 0 Å². The number of aryl methyl sites for hydroxylation is 1. The van der Waals surface area contributed by atoms with Crippen molar-refractivity contribution in [2.75, 3.05) is 24.4 Å². The Morgan fingerprint density at radius 2 is 1.53 bits per heavy atom.